The highest BCUT2D eigenvalue weighted by Gasteiger charge is 2.23. The van der Waals surface area contributed by atoms with Gasteiger partial charge in [0.2, 0.25) is 5.91 Å². The molecule has 2 amide bonds. The minimum atomic E-state index is -0.158. The Hall–Kier alpha value is -3.15. The third-order valence-electron chi connectivity index (χ3n) is 4.50. The third-order valence-corrected chi connectivity index (χ3v) is 4.50. The highest BCUT2D eigenvalue weighted by molar-refractivity contribution is 5.98. The Kier molecular flexibility index (Phi) is 3.93. The molecule has 0 aliphatic carbocycles. The number of amides is 2. The molecule has 6 heteroatoms. The van der Waals surface area contributed by atoms with Crippen LogP contribution in [0.4, 0.5) is 5.69 Å². The first kappa shape index (κ1) is 15.4. The van der Waals surface area contributed by atoms with Crippen LogP contribution in [0.5, 0.6) is 0 Å². The second-order valence-electron chi connectivity index (χ2n) is 6.06. The average molecular weight is 334 g/mol. The number of para-hydroxylation sites is 1. The van der Waals surface area contributed by atoms with Crippen LogP contribution >= 0.6 is 0 Å². The number of H-pyrrole nitrogens is 1. The number of aryl methyl sites for hydroxylation is 1. The van der Waals surface area contributed by atoms with E-state index in [9.17, 15) is 9.59 Å². The summed E-state index contributed by atoms with van der Waals surface area (Å²) in [5.74, 6) is -0.0546. The quantitative estimate of drug-likeness (QED) is 0.768. The fourth-order valence-electron chi connectivity index (χ4n) is 3.20. The summed E-state index contributed by atoms with van der Waals surface area (Å²) in [5.41, 5.74) is 4.35. The number of nitrogens with zero attached hydrogens (tertiary/aromatic N) is 2. The molecule has 0 saturated heterocycles. The largest absolute Gasteiger partial charge is 0.350 e. The first-order chi connectivity index (χ1) is 12.2. The van der Waals surface area contributed by atoms with Crippen molar-refractivity contribution in [3.8, 4) is 0 Å². The summed E-state index contributed by atoms with van der Waals surface area (Å²) in [6, 6.07) is 13.3. The van der Waals surface area contributed by atoms with Gasteiger partial charge in [0.05, 0.1) is 17.4 Å². The molecule has 0 radical (unpaired) electrons. The van der Waals surface area contributed by atoms with E-state index in [1.54, 1.807) is 23.4 Å². The van der Waals surface area contributed by atoms with E-state index in [0.717, 1.165) is 23.1 Å². The van der Waals surface area contributed by atoms with Gasteiger partial charge in [0, 0.05) is 30.8 Å². The zero-order chi connectivity index (χ0) is 17.2. The number of hydrogen-bond acceptors (Lipinski definition) is 3. The predicted molar refractivity (Wildman–Crippen MR) is 95.5 cm³/mol. The second kappa shape index (κ2) is 6.39. The van der Waals surface area contributed by atoms with E-state index in [0.29, 0.717) is 25.1 Å². The average Bonchev–Trinajstić information content (AvgIpc) is 3.11. The SMILES string of the molecule is O=C(NCCN1C(=O)CCc2ccccc21)c1ccc2nc[nH]c2c1. The van der Waals surface area contributed by atoms with Crippen LogP contribution in [0, 0.1) is 0 Å². The summed E-state index contributed by atoms with van der Waals surface area (Å²) in [7, 11) is 0. The zero-order valence-corrected chi connectivity index (χ0v) is 13.7. The monoisotopic (exact) mass is 334 g/mol. The number of benzene rings is 2. The zero-order valence-electron chi connectivity index (χ0n) is 13.7. The number of fused-ring (bicyclic) bond motifs is 2. The summed E-state index contributed by atoms with van der Waals surface area (Å²) in [6.07, 6.45) is 2.90. The van der Waals surface area contributed by atoms with Gasteiger partial charge in [0.25, 0.3) is 5.91 Å². The number of carbonyl (C=O) groups excluding carboxylic acids is 2. The van der Waals surface area contributed by atoms with Crippen LogP contribution in [0.3, 0.4) is 0 Å². The van der Waals surface area contributed by atoms with Crippen LogP contribution in [0.15, 0.2) is 48.8 Å². The summed E-state index contributed by atoms with van der Waals surface area (Å²) in [4.78, 5) is 33.4. The minimum Gasteiger partial charge on any atom is -0.350 e. The second-order valence-corrected chi connectivity index (χ2v) is 6.06. The maximum absolute atomic E-state index is 12.3. The van der Waals surface area contributed by atoms with Crippen LogP contribution in [-0.4, -0.2) is 34.9 Å². The maximum Gasteiger partial charge on any atom is 0.251 e. The molecule has 6 nitrogen and oxygen atoms in total. The Bertz CT molecular complexity index is 947. The van der Waals surface area contributed by atoms with E-state index >= 15 is 0 Å². The first-order valence-electron chi connectivity index (χ1n) is 8.32. The Balaban J connectivity index is 1.42. The van der Waals surface area contributed by atoms with Crippen LogP contribution in [0.2, 0.25) is 0 Å². The topological polar surface area (TPSA) is 78.1 Å². The molecule has 0 bridgehead atoms. The number of imidazole rings is 1. The van der Waals surface area contributed by atoms with E-state index in [1.165, 1.54) is 5.56 Å². The molecule has 126 valence electrons. The smallest absolute Gasteiger partial charge is 0.251 e. The van der Waals surface area contributed by atoms with Crippen LogP contribution in [0.1, 0.15) is 22.3 Å². The van der Waals surface area contributed by atoms with E-state index in [1.807, 2.05) is 30.3 Å². The van der Waals surface area contributed by atoms with Gasteiger partial charge in [-0.05, 0) is 36.2 Å². The molecule has 4 rings (SSSR count). The molecule has 0 fully saturated rings. The molecule has 2 aromatic carbocycles. The van der Waals surface area contributed by atoms with Crippen LogP contribution in [-0.2, 0) is 11.2 Å². The lowest BCUT2D eigenvalue weighted by Crippen LogP contribution is -2.41. The van der Waals surface area contributed by atoms with Gasteiger partial charge in [-0.25, -0.2) is 4.98 Å². The van der Waals surface area contributed by atoms with Crippen LogP contribution < -0.4 is 10.2 Å². The van der Waals surface area contributed by atoms with Crippen molar-refractivity contribution >= 4 is 28.5 Å². The highest BCUT2D eigenvalue weighted by Crippen LogP contribution is 2.26. The maximum atomic E-state index is 12.3. The van der Waals surface area contributed by atoms with Crippen molar-refractivity contribution in [2.45, 2.75) is 12.8 Å². The fourth-order valence-corrected chi connectivity index (χ4v) is 3.20. The Morgan fingerprint density at radius 3 is 3.00 bits per heavy atom. The van der Waals surface area contributed by atoms with Gasteiger partial charge in [-0.3, -0.25) is 9.59 Å². The molecule has 0 saturated carbocycles. The molecule has 3 aromatic rings. The minimum absolute atomic E-state index is 0.104. The molecular weight excluding hydrogens is 316 g/mol. The molecule has 1 aliphatic heterocycles. The summed E-state index contributed by atoms with van der Waals surface area (Å²) < 4.78 is 0. The van der Waals surface area contributed by atoms with E-state index < -0.39 is 0 Å². The van der Waals surface area contributed by atoms with Crippen molar-refractivity contribution in [3.05, 3.63) is 59.9 Å². The van der Waals surface area contributed by atoms with Gasteiger partial charge >= 0.3 is 0 Å². The number of anilines is 1. The van der Waals surface area contributed by atoms with Crippen molar-refractivity contribution in [3.63, 3.8) is 0 Å². The number of rotatable bonds is 4. The Morgan fingerprint density at radius 1 is 1.20 bits per heavy atom. The fraction of sp³-hybridized carbons (Fsp3) is 0.211. The number of aromatic amines is 1. The van der Waals surface area contributed by atoms with Gasteiger partial charge in [-0.2, -0.15) is 0 Å². The lowest BCUT2D eigenvalue weighted by atomic mass is 10.0. The van der Waals surface area contributed by atoms with E-state index in [4.69, 9.17) is 0 Å². The molecule has 0 atom stereocenters. The molecule has 25 heavy (non-hydrogen) atoms. The first-order valence-corrected chi connectivity index (χ1v) is 8.32. The molecule has 2 heterocycles. The number of aromatic nitrogens is 2. The molecule has 1 aliphatic rings. The summed E-state index contributed by atoms with van der Waals surface area (Å²) >= 11 is 0. The molecule has 2 N–H and O–H groups in total. The summed E-state index contributed by atoms with van der Waals surface area (Å²) in [5, 5.41) is 2.89. The van der Waals surface area contributed by atoms with Crippen molar-refractivity contribution < 1.29 is 9.59 Å². The lowest BCUT2D eigenvalue weighted by molar-refractivity contribution is -0.118. The number of nitrogens with one attached hydrogen (secondary N) is 2. The van der Waals surface area contributed by atoms with E-state index in [2.05, 4.69) is 15.3 Å². The van der Waals surface area contributed by atoms with Gasteiger partial charge in [-0.1, -0.05) is 18.2 Å². The molecule has 1 aromatic heterocycles. The summed E-state index contributed by atoms with van der Waals surface area (Å²) in [6.45, 7) is 0.869. The molecular formula is C19H18N4O2. The normalized spacial score (nSPS) is 13.8. The Labute approximate surface area is 144 Å². The van der Waals surface area contributed by atoms with Crippen molar-refractivity contribution in [1.29, 1.82) is 0 Å². The van der Waals surface area contributed by atoms with Gasteiger partial charge in [0.1, 0.15) is 0 Å². The molecule has 0 spiro atoms. The highest BCUT2D eigenvalue weighted by atomic mass is 16.2. The predicted octanol–water partition coefficient (Wildman–Crippen LogP) is 2.27. The van der Waals surface area contributed by atoms with Crippen LogP contribution in [0.25, 0.3) is 11.0 Å². The number of carbonyl (C=O) groups is 2. The standard InChI is InChI=1S/C19H18N4O2/c24-18-8-6-13-3-1-2-4-17(13)23(18)10-9-20-19(25)14-5-7-15-16(11-14)22-12-21-15/h1-5,7,11-12H,6,8-10H2,(H,20,25)(H,21,22). The van der Waals surface area contributed by atoms with E-state index in [-0.39, 0.29) is 11.8 Å². The molecule has 0 unspecified atom stereocenters. The lowest BCUT2D eigenvalue weighted by Gasteiger charge is -2.29. The van der Waals surface area contributed by atoms with Crippen molar-refractivity contribution in [2.75, 3.05) is 18.0 Å². The van der Waals surface area contributed by atoms with Crippen molar-refractivity contribution in [2.24, 2.45) is 0 Å². The van der Waals surface area contributed by atoms with Gasteiger partial charge in [-0.15, -0.1) is 0 Å². The van der Waals surface area contributed by atoms with Gasteiger partial charge in [0.15, 0.2) is 0 Å². The van der Waals surface area contributed by atoms with Gasteiger partial charge < -0.3 is 15.2 Å². The Morgan fingerprint density at radius 2 is 2.08 bits per heavy atom. The third kappa shape index (κ3) is 2.98. The van der Waals surface area contributed by atoms with Crippen molar-refractivity contribution in [1.82, 2.24) is 15.3 Å². The number of hydrogen-bond donors (Lipinski definition) is 2.